The maximum atomic E-state index is 12.9. The van der Waals surface area contributed by atoms with E-state index in [0.717, 1.165) is 5.46 Å². The van der Waals surface area contributed by atoms with Gasteiger partial charge < -0.3 is 4.90 Å². The van der Waals surface area contributed by atoms with Crippen LogP contribution in [0.3, 0.4) is 0 Å². The minimum absolute atomic E-state index is 0.0960. The summed E-state index contributed by atoms with van der Waals surface area (Å²) < 4.78 is 12.9. The fourth-order valence-electron chi connectivity index (χ4n) is 1.70. The molecule has 1 atom stereocenters. The van der Waals surface area contributed by atoms with Crippen LogP contribution in [0, 0.1) is 0 Å². The zero-order chi connectivity index (χ0) is 10.7. The SMILES string of the molecule is O=C([B]c1ccccc1)N1CCC(F)C1. The summed E-state index contributed by atoms with van der Waals surface area (Å²) in [6, 6.07) is 9.37. The number of carbonyl (C=O) groups excluding carboxylic acids is 1. The first kappa shape index (κ1) is 10.2. The second kappa shape index (κ2) is 4.47. The quantitative estimate of drug-likeness (QED) is 0.662. The van der Waals surface area contributed by atoms with Crippen LogP contribution in [0.5, 0.6) is 0 Å². The summed E-state index contributed by atoms with van der Waals surface area (Å²) >= 11 is 0. The molecule has 0 aromatic heterocycles. The van der Waals surface area contributed by atoms with Gasteiger partial charge in [-0.05, 0) is 6.42 Å². The molecule has 1 aromatic carbocycles. The first-order valence-corrected chi connectivity index (χ1v) is 5.08. The third-order valence-corrected chi connectivity index (χ3v) is 2.53. The summed E-state index contributed by atoms with van der Waals surface area (Å²) in [5, 5.41) is 0. The fraction of sp³-hybridized carbons (Fsp3) is 0.364. The Balaban J connectivity index is 1.93. The first-order chi connectivity index (χ1) is 7.25. The zero-order valence-corrected chi connectivity index (χ0v) is 8.40. The normalized spacial score (nSPS) is 20.3. The molecule has 1 aromatic rings. The van der Waals surface area contributed by atoms with Crippen LogP contribution in [0.25, 0.3) is 0 Å². The number of nitrogens with zero attached hydrogens (tertiary/aromatic N) is 1. The van der Waals surface area contributed by atoms with E-state index in [2.05, 4.69) is 0 Å². The van der Waals surface area contributed by atoms with Crippen molar-refractivity contribution >= 4 is 18.5 Å². The standard InChI is InChI=1S/C11H12BFNO/c13-10-6-7-14(8-10)11(15)12-9-4-2-1-3-5-9/h1-5,10H,6-8H2. The Labute approximate surface area is 89.3 Å². The van der Waals surface area contributed by atoms with Crippen molar-refractivity contribution in [2.24, 2.45) is 0 Å². The molecule has 1 heterocycles. The summed E-state index contributed by atoms with van der Waals surface area (Å²) in [5.41, 5.74) is 0.866. The van der Waals surface area contributed by atoms with E-state index in [1.807, 2.05) is 30.3 Å². The van der Waals surface area contributed by atoms with Crippen LogP contribution in [0.4, 0.5) is 9.18 Å². The number of hydrogen-bond donors (Lipinski definition) is 0. The molecule has 0 spiro atoms. The van der Waals surface area contributed by atoms with E-state index < -0.39 is 6.17 Å². The van der Waals surface area contributed by atoms with E-state index in [9.17, 15) is 9.18 Å². The number of hydrogen-bond acceptors (Lipinski definition) is 1. The van der Waals surface area contributed by atoms with Gasteiger partial charge in [-0.1, -0.05) is 35.8 Å². The van der Waals surface area contributed by atoms with Crippen LogP contribution < -0.4 is 5.46 Å². The third-order valence-electron chi connectivity index (χ3n) is 2.53. The average molecular weight is 204 g/mol. The van der Waals surface area contributed by atoms with Gasteiger partial charge in [0.05, 0.1) is 6.54 Å². The molecule has 1 amide bonds. The van der Waals surface area contributed by atoms with Crippen molar-refractivity contribution in [2.75, 3.05) is 13.1 Å². The Morgan fingerprint density at radius 2 is 2.13 bits per heavy atom. The van der Waals surface area contributed by atoms with Gasteiger partial charge in [-0.3, -0.25) is 4.79 Å². The molecule has 1 unspecified atom stereocenters. The maximum absolute atomic E-state index is 12.9. The number of likely N-dealkylation sites (tertiary alicyclic amines) is 1. The highest BCUT2D eigenvalue weighted by Crippen LogP contribution is 2.12. The van der Waals surface area contributed by atoms with E-state index in [0.29, 0.717) is 13.0 Å². The van der Waals surface area contributed by atoms with Crippen LogP contribution in [0.2, 0.25) is 0 Å². The summed E-state index contributed by atoms with van der Waals surface area (Å²) in [4.78, 5) is 13.2. The number of alkyl halides is 1. The molecule has 0 saturated carbocycles. The average Bonchev–Trinajstić information content (AvgIpc) is 2.66. The summed E-state index contributed by atoms with van der Waals surface area (Å²) in [7, 11) is 1.55. The molecule has 1 saturated heterocycles. The minimum atomic E-state index is -0.849. The zero-order valence-electron chi connectivity index (χ0n) is 8.40. The number of amides is 1. The molecule has 1 radical (unpaired) electrons. The first-order valence-electron chi connectivity index (χ1n) is 5.08. The molecule has 1 fully saturated rings. The minimum Gasteiger partial charge on any atom is -0.348 e. The van der Waals surface area contributed by atoms with Crippen molar-refractivity contribution in [1.82, 2.24) is 4.90 Å². The highest BCUT2D eigenvalue weighted by molar-refractivity contribution is 6.83. The van der Waals surface area contributed by atoms with E-state index in [4.69, 9.17) is 0 Å². The lowest BCUT2D eigenvalue weighted by Gasteiger charge is -2.14. The lowest BCUT2D eigenvalue weighted by molar-refractivity contribution is 0.227. The maximum Gasteiger partial charge on any atom is 0.271 e. The molecule has 15 heavy (non-hydrogen) atoms. The topological polar surface area (TPSA) is 20.3 Å². The number of carbonyl (C=O) groups is 1. The fourth-order valence-corrected chi connectivity index (χ4v) is 1.70. The van der Waals surface area contributed by atoms with Crippen LogP contribution in [0.1, 0.15) is 6.42 Å². The molecule has 77 valence electrons. The molecule has 1 aliphatic rings. The number of rotatable bonds is 2. The van der Waals surface area contributed by atoms with Crippen molar-refractivity contribution in [1.29, 1.82) is 0 Å². The number of halogens is 1. The Bertz CT molecular complexity index is 344. The lowest BCUT2D eigenvalue weighted by atomic mass is 9.69. The molecule has 2 nitrogen and oxygen atoms in total. The van der Waals surface area contributed by atoms with Gasteiger partial charge in [-0.2, -0.15) is 0 Å². The van der Waals surface area contributed by atoms with Crippen molar-refractivity contribution in [2.45, 2.75) is 12.6 Å². The van der Waals surface area contributed by atoms with E-state index in [1.54, 1.807) is 12.2 Å². The monoisotopic (exact) mass is 204 g/mol. The lowest BCUT2D eigenvalue weighted by Crippen LogP contribution is -2.36. The van der Waals surface area contributed by atoms with Crippen molar-refractivity contribution < 1.29 is 9.18 Å². The third kappa shape index (κ3) is 2.58. The number of benzene rings is 1. The molecule has 2 rings (SSSR count). The smallest absolute Gasteiger partial charge is 0.271 e. The van der Waals surface area contributed by atoms with Gasteiger partial charge in [0.25, 0.3) is 7.28 Å². The van der Waals surface area contributed by atoms with Crippen LogP contribution in [-0.4, -0.2) is 37.2 Å². The molecule has 0 aliphatic carbocycles. The molecule has 4 heteroatoms. The second-order valence-corrected chi connectivity index (χ2v) is 3.73. The van der Waals surface area contributed by atoms with Crippen LogP contribution in [-0.2, 0) is 0 Å². The largest absolute Gasteiger partial charge is 0.348 e. The van der Waals surface area contributed by atoms with Crippen molar-refractivity contribution in [3.05, 3.63) is 30.3 Å². The molecular formula is C11H12BFNO. The van der Waals surface area contributed by atoms with Crippen LogP contribution >= 0.6 is 0 Å². The van der Waals surface area contributed by atoms with E-state index >= 15 is 0 Å². The predicted octanol–water partition coefficient (Wildman–Crippen LogP) is 1.18. The van der Waals surface area contributed by atoms with Gasteiger partial charge in [0, 0.05) is 6.54 Å². The van der Waals surface area contributed by atoms with Gasteiger partial charge >= 0.3 is 0 Å². The highest BCUT2D eigenvalue weighted by Gasteiger charge is 2.25. The Hall–Kier alpha value is -1.32. The molecule has 0 bridgehead atoms. The van der Waals surface area contributed by atoms with Gasteiger partial charge in [-0.25, -0.2) is 4.39 Å². The van der Waals surface area contributed by atoms with Gasteiger partial charge in [0.15, 0.2) is 5.81 Å². The van der Waals surface area contributed by atoms with Crippen LogP contribution in [0.15, 0.2) is 30.3 Å². The second-order valence-electron chi connectivity index (χ2n) is 3.73. The van der Waals surface area contributed by atoms with Gasteiger partial charge in [-0.15, -0.1) is 0 Å². The highest BCUT2D eigenvalue weighted by atomic mass is 19.1. The predicted molar refractivity (Wildman–Crippen MR) is 58.3 cm³/mol. The van der Waals surface area contributed by atoms with Gasteiger partial charge in [0.2, 0.25) is 0 Å². The molecular weight excluding hydrogens is 192 g/mol. The Morgan fingerprint density at radius 1 is 1.40 bits per heavy atom. The molecule has 1 aliphatic heterocycles. The van der Waals surface area contributed by atoms with Crippen molar-refractivity contribution in [3.63, 3.8) is 0 Å². The summed E-state index contributed by atoms with van der Waals surface area (Å²) in [5.74, 6) is -0.0960. The Kier molecular flexibility index (Phi) is 3.04. The van der Waals surface area contributed by atoms with E-state index in [-0.39, 0.29) is 12.4 Å². The summed E-state index contributed by atoms with van der Waals surface area (Å²) in [6.45, 7) is 0.769. The van der Waals surface area contributed by atoms with Crippen molar-refractivity contribution in [3.8, 4) is 0 Å². The summed E-state index contributed by atoms with van der Waals surface area (Å²) in [6.07, 6.45) is -0.382. The molecule has 0 N–H and O–H groups in total. The van der Waals surface area contributed by atoms with E-state index in [1.165, 1.54) is 0 Å². The Morgan fingerprint density at radius 3 is 2.73 bits per heavy atom. The van der Waals surface area contributed by atoms with Gasteiger partial charge in [0.1, 0.15) is 6.17 Å².